The van der Waals surface area contributed by atoms with E-state index in [1.807, 2.05) is 17.8 Å². The van der Waals surface area contributed by atoms with Crippen LogP contribution in [-0.2, 0) is 0 Å². The van der Waals surface area contributed by atoms with Gasteiger partial charge in [0.1, 0.15) is 0 Å². The van der Waals surface area contributed by atoms with E-state index in [1.165, 1.54) is 4.90 Å². The van der Waals surface area contributed by atoms with Crippen LogP contribution in [0.4, 0.5) is 0 Å². The number of benzene rings is 1. The highest BCUT2D eigenvalue weighted by molar-refractivity contribution is 9.10. The molecule has 1 aromatic rings. The van der Waals surface area contributed by atoms with Crippen LogP contribution in [0.2, 0.25) is 0 Å². The summed E-state index contributed by atoms with van der Waals surface area (Å²) in [5.74, 6) is 1.07. The summed E-state index contributed by atoms with van der Waals surface area (Å²) in [7, 11) is 0. The molecule has 2 nitrogen and oxygen atoms in total. The van der Waals surface area contributed by atoms with Gasteiger partial charge in [-0.25, -0.2) is 0 Å². The second-order valence-corrected chi connectivity index (χ2v) is 7.39. The van der Waals surface area contributed by atoms with Crippen molar-refractivity contribution < 1.29 is 5.11 Å². The van der Waals surface area contributed by atoms with E-state index >= 15 is 0 Å². The topological polar surface area (TPSA) is 32.3 Å². The third-order valence-electron chi connectivity index (χ3n) is 2.95. The van der Waals surface area contributed by atoms with Crippen LogP contribution in [-0.4, -0.2) is 29.0 Å². The van der Waals surface area contributed by atoms with Gasteiger partial charge in [0.25, 0.3) is 0 Å². The zero-order valence-corrected chi connectivity index (χ0v) is 14.4. The molecule has 0 fully saturated rings. The van der Waals surface area contributed by atoms with Gasteiger partial charge in [-0.2, -0.15) is 0 Å². The lowest BCUT2D eigenvalue weighted by molar-refractivity contribution is 0.156. The van der Waals surface area contributed by atoms with Crippen LogP contribution < -0.4 is 5.32 Å². The summed E-state index contributed by atoms with van der Waals surface area (Å²) in [5, 5.41) is 13.0. The van der Waals surface area contributed by atoms with Crippen molar-refractivity contribution in [2.75, 3.05) is 12.4 Å². The molecule has 1 aromatic carbocycles. The van der Waals surface area contributed by atoms with Crippen LogP contribution in [0.15, 0.2) is 33.6 Å². The van der Waals surface area contributed by atoms with Crippen molar-refractivity contribution in [3.05, 3.63) is 28.7 Å². The summed E-state index contributed by atoms with van der Waals surface area (Å²) >= 11 is 5.42. The zero-order valence-electron chi connectivity index (χ0n) is 11.9. The number of halogens is 1. The minimum Gasteiger partial charge on any atom is -0.394 e. The Labute approximate surface area is 129 Å². The van der Waals surface area contributed by atoms with Gasteiger partial charge in [-0.15, -0.1) is 11.8 Å². The van der Waals surface area contributed by atoms with Gasteiger partial charge in [0, 0.05) is 20.9 Å². The highest BCUT2D eigenvalue weighted by Crippen LogP contribution is 2.28. The third kappa shape index (κ3) is 6.30. The summed E-state index contributed by atoms with van der Waals surface area (Å²) in [6.07, 6.45) is 2.07. The van der Waals surface area contributed by atoms with Crippen molar-refractivity contribution in [1.82, 2.24) is 5.32 Å². The molecule has 0 aliphatic heterocycles. The Morgan fingerprint density at radius 1 is 1.37 bits per heavy atom. The van der Waals surface area contributed by atoms with Crippen LogP contribution in [0, 0.1) is 0 Å². The fourth-order valence-electron chi connectivity index (χ4n) is 2.10. The predicted molar refractivity (Wildman–Crippen MR) is 87.9 cm³/mol. The molecule has 0 aromatic heterocycles. The number of aliphatic hydroxyl groups excluding tert-OH is 1. The molecule has 0 heterocycles. The van der Waals surface area contributed by atoms with Crippen molar-refractivity contribution in [2.24, 2.45) is 0 Å². The Morgan fingerprint density at radius 3 is 2.63 bits per heavy atom. The van der Waals surface area contributed by atoms with E-state index in [0.717, 1.165) is 23.1 Å². The highest BCUT2D eigenvalue weighted by Gasteiger charge is 2.23. The Morgan fingerprint density at radius 2 is 2.05 bits per heavy atom. The lowest BCUT2D eigenvalue weighted by Crippen LogP contribution is -2.49. The van der Waals surface area contributed by atoms with E-state index in [0.29, 0.717) is 6.04 Å². The van der Waals surface area contributed by atoms with Gasteiger partial charge < -0.3 is 10.4 Å². The molecule has 0 aliphatic carbocycles. The first-order valence-electron chi connectivity index (χ1n) is 6.73. The van der Waals surface area contributed by atoms with Gasteiger partial charge in [0.15, 0.2) is 0 Å². The van der Waals surface area contributed by atoms with Gasteiger partial charge in [0.05, 0.1) is 6.61 Å². The normalized spacial score (nSPS) is 14.6. The van der Waals surface area contributed by atoms with Gasteiger partial charge in [0.2, 0.25) is 0 Å². The number of hydrogen-bond acceptors (Lipinski definition) is 3. The second kappa shape index (κ2) is 8.30. The molecule has 1 atom stereocenters. The van der Waals surface area contributed by atoms with Crippen molar-refractivity contribution >= 4 is 27.7 Å². The van der Waals surface area contributed by atoms with Crippen molar-refractivity contribution in [3.63, 3.8) is 0 Å². The molecule has 0 amide bonds. The lowest BCUT2D eigenvalue weighted by Gasteiger charge is -2.31. The molecule has 0 saturated heterocycles. The largest absolute Gasteiger partial charge is 0.394 e. The number of hydrogen-bond donors (Lipinski definition) is 2. The van der Waals surface area contributed by atoms with E-state index in [1.54, 1.807) is 0 Å². The SMILES string of the molecule is CC(C)NC(C)(CO)CCCSc1ccccc1Br. The second-order valence-electron chi connectivity index (χ2n) is 5.40. The Hall–Kier alpha value is -0.0300. The molecule has 2 N–H and O–H groups in total. The van der Waals surface area contributed by atoms with E-state index in [-0.39, 0.29) is 12.1 Å². The molecular formula is C15H24BrNOS. The summed E-state index contributed by atoms with van der Waals surface area (Å²) in [6.45, 7) is 6.51. The van der Waals surface area contributed by atoms with Crippen LogP contribution in [0.25, 0.3) is 0 Å². The number of thioether (sulfide) groups is 1. The van der Waals surface area contributed by atoms with Crippen LogP contribution >= 0.6 is 27.7 Å². The number of rotatable bonds is 8. The highest BCUT2D eigenvalue weighted by atomic mass is 79.9. The molecule has 19 heavy (non-hydrogen) atoms. The first kappa shape index (κ1) is 17.0. The smallest absolute Gasteiger partial charge is 0.0610 e. The number of aliphatic hydroxyl groups is 1. The minimum absolute atomic E-state index is 0.164. The molecular weight excluding hydrogens is 322 g/mol. The van der Waals surface area contributed by atoms with Gasteiger partial charge in [-0.05, 0) is 53.6 Å². The van der Waals surface area contributed by atoms with Crippen molar-refractivity contribution in [2.45, 2.75) is 50.1 Å². The minimum atomic E-state index is -0.164. The average Bonchev–Trinajstić information content (AvgIpc) is 2.36. The first-order valence-corrected chi connectivity index (χ1v) is 8.50. The quantitative estimate of drug-likeness (QED) is 0.550. The summed E-state index contributed by atoms with van der Waals surface area (Å²) < 4.78 is 1.16. The van der Waals surface area contributed by atoms with Crippen molar-refractivity contribution in [1.29, 1.82) is 0 Å². The molecule has 0 spiro atoms. The molecule has 0 radical (unpaired) electrons. The lowest BCUT2D eigenvalue weighted by atomic mass is 9.96. The number of nitrogens with one attached hydrogen (secondary N) is 1. The van der Waals surface area contributed by atoms with Gasteiger partial charge >= 0.3 is 0 Å². The standard InChI is InChI=1S/C15H24BrNOS/c1-12(2)17-15(3,11-18)9-6-10-19-14-8-5-4-7-13(14)16/h4-5,7-8,12,17-18H,6,9-11H2,1-3H3. The molecule has 0 saturated carbocycles. The molecule has 1 rings (SSSR count). The predicted octanol–water partition coefficient (Wildman–Crippen LogP) is 4.07. The molecule has 0 bridgehead atoms. The van der Waals surface area contributed by atoms with Crippen LogP contribution in [0.3, 0.4) is 0 Å². The van der Waals surface area contributed by atoms with E-state index in [2.05, 4.69) is 60.2 Å². The van der Waals surface area contributed by atoms with E-state index in [4.69, 9.17) is 0 Å². The molecule has 0 aliphatic rings. The maximum Gasteiger partial charge on any atom is 0.0610 e. The van der Waals surface area contributed by atoms with Crippen molar-refractivity contribution in [3.8, 4) is 0 Å². The van der Waals surface area contributed by atoms with E-state index in [9.17, 15) is 5.11 Å². The summed E-state index contributed by atoms with van der Waals surface area (Å²) in [6, 6.07) is 8.69. The molecule has 1 unspecified atom stereocenters. The van der Waals surface area contributed by atoms with Gasteiger partial charge in [-0.1, -0.05) is 26.0 Å². The van der Waals surface area contributed by atoms with Gasteiger partial charge in [-0.3, -0.25) is 0 Å². The summed E-state index contributed by atoms with van der Waals surface area (Å²) in [4.78, 5) is 1.28. The summed E-state index contributed by atoms with van der Waals surface area (Å²) in [5.41, 5.74) is -0.164. The fraction of sp³-hybridized carbons (Fsp3) is 0.600. The Kier molecular flexibility index (Phi) is 7.44. The van der Waals surface area contributed by atoms with Crippen LogP contribution in [0.5, 0.6) is 0 Å². The first-order chi connectivity index (χ1) is 8.97. The fourth-order valence-corrected chi connectivity index (χ4v) is 3.62. The molecule has 4 heteroatoms. The molecule has 108 valence electrons. The van der Waals surface area contributed by atoms with Crippen LogP contribution in [0.1, 0.15) is 33.6 Å². The van der Waals surface area contributed by atoms with E-state index < -0.39 is 0 Å². The average molecular weight is 346 g/mol. The monoisotopic (exact) mass is 345 g/mol. The Bertz CT molecular complexity index is 386. The zero-order chi connectivity index (χ0) is 14.3. The third-order valence-corrected chi connectivity index (χ3v) is 5.07. The Balaban J connectivity index is 2.35. The maximum atomic E-state index is 9.52. The maximum absolute atomic E-state index is 9.52.